The number of carbonyl (C=O) groups is 1. The third-order valence-corrected chi connectivity index (χ3v) is 3.17. The molecule has 0 saturated carbocycles. The molecule has 0 atom stereocenters. The fourth-order valence-electron chi connectivity index (χ4n) is 2.17. The number of nitrogens with one attached hydrogen (secondary N) is 3. The average Bonchev–Trinajstić information content (AvgIpc) is 2.89. The largest absolute Gasteiger partial charge is 0.381 e. The summed E-state index contributed by atoms with van der Waals surface area (Å²) in [5, 5.41) is 6.96. The van der Waals surface area contributed by atoms with E-state index in [0.717, 1.165) is 22.3 Å². The first-order valence-electron chi connectivity index (χ1n) is 6.54. The van der Waals surface area contributed by atoms with Crippen molar-refractivity contribution in [3.05, 3.63) is 54.4 Å². The first-order chi connectivity index (χ1) is 10.2. The van der Waals surface area contributed by atoms with Crippen molar-refractivity contribution >= 4 is 28.4 Å². The van der Waals surface area contributed by atoms with E-state index in [9.17, 15) is 4.79 Å². The summed E-state index contributed by atoms with van der Waals surface area (Å²) in [6, 6.07) is 10.8. The number of pyridine rings is 1. The van der Waals surface area contributed by atoms with Crippen molar-refractivity contribution in [3.63, 3.8) is 0 Å². The summed E-state index contributed by atoms with van der Waals surface area (Å²) in [6.45, 7) is 0.689. The predicted molar refractivity (Wildman–Crippen MR) is 83.1 cm³/mol. The van der Waals surface area contributed by atoms with Gasteiger partial charge in [0.25, 0.3) is 0 Å². The smallest absolute Gasteiger partial charge is 0.316 e. The van der Waals surface area contributed by atoms with E-state index in [1.807, 2.05) is 30.5 Å². The van der Waals surface area contributed by atoms with E-state index in [4.69, 9.17) is 5.73 Å². The summed E-state index contributed by atoms with van der Waals surface area (Å²) in [5.41, 5.74) is 8.73. The molecular weight excluding hydrogens is 266 g/mol. The molecule has 106 valence electrons. The van der Waals surface area contributed by atoms with Crippen LogP contribution in [0.5, 0.6) is 0 Å². The van der Waals surface area contributed by atoms with Crippen LogP contribution in [0, 0.1) is 0 Å². The van der Waals surface area contributed by atoms with Crippen LogP contribution in [-0.2, 0) is 6.54 Å². The van der Waals surface area contributed by atoms with Gasteiger partial charge in [-0.15, -0.1) is 0 Å². The van der Waals surface area contributed by atoms with Crippen LogP contribution >= 0.6 is 0 Å². The van der Waals surface area contributed by atoms with Crippen molar-refractivity contribution in [1.29, 1.82) is 0 Å². The van der Waals surface area contributed by atoms with Gasteiger partial charge in [-0.3, -0.25) is 0 Å². The van der Waals surface area contributed by atoms with Gasteiger partial charge in [-0.25, -0.2) is 9.78 Å². The number of carbonyl (C=O) groups excluding carboxylic acids is 1. The molecular formula is C15H15N5O. The van der Waals surface area contributed by atoms with Crippen LogP contribution in [0.3, 0.4) is 0 Å². The molecule has 0 fully saturated rings. The number of amides is 2. The number of aromatic nitrogens is 2. The van der Waals surface area contributed by atoms with Crippen LogP contribution in [-0.4, -0.2) is 16.0 Å². The van der Waals surface area contributed by atoms with E-state index >= 15 is 0 Å². The highest BCUT2D eigenvalue weighted by molar-refractivity contribution is 5.88. The molecule has 0 saturated heterocycles. The Labute approximate surface area is 121 Å². The van der Waals surface area contributed by atoms with E-state index in [2.05, 4.69) is 20.6 Å². The van der Waals surface area contributed by atoms with Gasteiger partial charge < -0.3 is 21.4 Å². The van der Waals surface area contributed by atoms with Gasteiger partial charge in [0.1, 0.15) is 5.65 Å². The van der Waals surface area contributed by atoms with Gasteiger partial charge in [0.2, 0.25) is 0 Å². The first kappa shape index (κ1) is 13.0. The lowest BCUT2D eigenvalue weighted by molar-refractivity contribution is 0.259. The number of benzene rings is 1. The van der Waals surface area contributed by atoms with E-state index in [0.29, 0.717) is 12.2 Å². The first-order valence-corrected chi connectivity index (χ1v) is 6.54. The fraction of sp³-hybridized carbons (Fsp3) is 0.0667. The number of fused-ring (bicyclic) bond motifs is 1. The Bertz CT molecular complexity index is 763. The predicted octanol–water partition coefficient (Wildman–Crippen LogP) is 2.67. The Morgan fingerprint density at radius 1 is 1.19 bits per heavy atom. The Kier molecular flexibility index (Phi) is 3.42. The molecule has 2 aromatic heterocycles. The Balaban J connectivity index is 1.68. The van der Waals surface area contributed by atoms with Crippen LogP contribution in [0.25, 0.3) is 11.0 Å². The molecule has 0 aliphatic rings. The molecule has 21 heavy (non-hydrogen) atoms. The van der Waals surface area contributed by atoms with Crippen molar-refractivity contribution in [2.75, 3.05) is 10.6 Å². The zero-order chi connectivity index (χ0) is 14.7. The lowest BCUT2D eigenvalue weighted by atomic mass is 10.2. The Morgan fingerprint density at radius 3 is 2.71 bits per heavy atom. The highest BCUT2D eigenvalue weighted by atomic mass is 16.2. The normalized spacial score (nSPS) is 10.5. The highest BCUT2D eigenvalue weighted by Crippen LogP contribution is 2.18. The summed E-state index contributed by atoms with van der Waals surface area (Å²) in [5.74, 6) is 0. The second-order valence-corrected chi connectivity index (χ2v) is 4.63. The molecule has 6 nitrogen and oxygen atoms in total. The quantitative estimate of drug-likeness (QED) is 0.592. The lowest BCUT2D eigenvalue weighted by Gasteiger charge is -2.07. The lowest BCUT2D eigenvalue weighted by Crippen LogP contribution is -2.19. The van der Waals surface area contributed by atoms with Crippen molar-refractivity contribution in [3.8, 4) is 0 Å². The Hall–Kier alpha value is -3.02. The molecule has 6 heteroatoms. The zero-order valence-corrected chi connectivity index (χ0v) is 11.3. The van der Waals surface area contributed by atoms with Crippen molar-refractivity contribution in [1.82, 2.24) is 9.97 Å². The van der Waals surface area contributed by atoms with Gasteiger partial charge in [-0.1, -0.05) is 0 Å². The zero-order valence-electron chi connectivity index (χ0n) is 11.3. The number of hydrogen-bond donors (Lipinski definition) is 4. The van der Waals surface area contributed by atoms with Crippen LogP contribution in [0.4, 0.5) is 16.2 Å². The Morgan fingerprint density at radius 2 is 1.95 bits per heavy atom. The molecule has 2 heterocycles. The fourth-order valence-corrected chi connectivity index (χ4v) is 2.17. The van der Waals surface area contributed by atoms with Gasteiger partial charge in [0, 0.05) is 35.7 Å². The number of H-pyrrole nitrogens is 1. The number of nitrogens with two attached hydrogens (primary N) is 1. The van der Waals surface area contributed by atoms with Crippen LogP contribution in [0.15, 0.2) is 48.8 Å². The number of rotatable bonds is 4. The van der Waals surface area contributed by atoms with Gasteiger partial charge in [-0.2, -0.15) is 0 Å². The standard InChI is InChI=1S/C15H15N5O/c16-15(21)20-12-5-3-11(4-6-12)18-8-10-9-19-14-13(10)2-1-7-17-14/h1-7,9,18H,8H2,(H,17,19)(H3,16,20,21). The molecule has 0 unspecified atom stereocenters. The van der Waals surface area contributed by atoms with Crippen molar-refractivity contribution < 1.29 is 4.79 Å². The minimum atomic E-state index is -0.568. The topological polar surface area (TPSA) is 95.8 Å². The van der Waals surface area contributed by atoms with Gasteiger partial charge in [0.05, 0.1) is 0 Å². The summed E-state index contributed by atoms with van der Waals surface area (Å²) in [4.78, 5) is 18.1. The second-order valence-electron chi connectivity index (χ2n) is 4.63. The number of nitrogens with zero attached hydrogens (tertiary/aromatic N) is 1. The van der Waals surface area contributed by atoms with Crippen LogP contribution in [0.1, 0.15) is 5.56 Å². The summed E-state index contributed by atoms with van der Waals surface area (Å²) < 4.78 is 0. The average molecular weight is 281 g/mol. The van der Waals surface area contributed by atoms with Gasteiger partial charge in [-0.05, 0) is 42.0 Å². The third-order valence-electron chi connectivity index (χ3n) is 3.17. The number of anilines is 2. The van der Waals surface area contributed by atoms with Crippen molar-refractivity contribution in [2.24, 2.45) is 5.73 Å². The summed E-state index contributed by atoms with van der Waals surface area (Å²) in [7, 11) is 0. The van der Waals surface area contributed by atoms with Gasteiger partial charge in [0.15, 0.2) is 0 Å². The SMILES string of the molecule is NC(=O)Nc1ccc(NCc2c[nH]c3ncccc23)cc1. The molecule has 0 bridgehead atoms. The monoisotopic (exact) mass is 281 g/mol. The summed E-state index contributed by atoms with van der Waals surface area (Å²) in [6.07, 6.45) is 3.72. The minimum Gasteiger partial charge on any atom is -0.381 e. The van der Waals surface area contributed by atoms with Crippen LogP contribution in [0.2, 0.25) is 0 Å². The number of primary amides is 1. The molecule has 3 aromatic rings. The third kappa shape index (κ3) is 2.94. The molecule has 0 spiro atoms. The number of urea groups is 1. The summed E-state index contributed by atoms with van der Waals surface area (Å²) >= 11 is 0. The highest BCUT2D eigenvalue weighted by Gasteiger charge is 2.03. The minimum absolute atomic E-state index is 0.568. The maximum Gasteiger partial charge on any atom is 0.316 e. The molecule has 0 radical (unpaired) electrons. The maximum absolute atomic E-state index is 10.7. The molecule has 1 aromatic carbocycles. The van der Waals surface area contributed by atoms with E-state index < -0.39 is 6.03 Å². The van der Waals surface area contributed by atoms with E-state index in [-0.39, 0.29) is 0 Å². The molecule has 0 aliphatic heterocycles. The molecule has 2 amide bonds. The van der Waals surface area contributed by atoms with Crippen molar-refractivity contribution in [2.45, 2.75) is 6.54 Å². The molecule has 5 N–H and O–H groups in total. The van der Waals surface area contributed by atoms with E-state index in [1.165, 1.54) is 0 Å². The van der Waals surface area contributed by atoms with Crippen LogP contribution < -0.4 is 16.4 Å². The van der Waals surface area contributed by atoms with Gasteiger partial charge >= 0.3 is 6.03 Å². The number of aromatic amines is 1. The van der Waals surface area contributed by atoms with E-state index in [1.54, 1.807) is 18.3 Å². The molecule has 0 aliphatic carbocycles. The second kappa shape index (κ2) is 5.54. The molecule has 3 rings (SSSR count). The maximum atomic E-state index is 10.7. The number of hydrogen-bond acceptors (Lipinski definition) is 3.